The van der Waals surface area contributed by atoms with E-state index in [9.17, 15) is 9.90 Å². The second-order valence-electron chi connectivity index (χ2n) is 7.11. The highest BCUT2D eigenvalue weighted by Gasteiger charge is 2.36. The second-order valence-corrected chi connectivity index (χ2v) is 8.19. The van der Waals surface area contributed by atoms with E-state index in [4.69, 9.17) is 4.99 Å². The van der Waals surface area contributed by atoms with Gasteiger partial charge in [0, 0.05) is 16.0 Å². The number of carboxylic acids is 1. The van der Waals surface area contributed by atoms with Crippen LogP contribution >= 0.6 is 11.3 Å². The Morgan fingerprint density at radius 1 is 1.22 bits per heavy atom. The molecule has 3 aromatic rings. The number of aromatic nitrogens is 3. The number of rotatable bonds is 2. The molecule has 2 aromatic heterocycles. The van der Waals surface area contributed by atoms with E-state index in [2.05, 4.69) is 33.8 Å². The van der Waals surface area contributed by atoms with Crippen molar-refractivity contribution >= 4 is 23.0 Å². The molecule has 0 saturated carbocycles. The number of aryl methyl sites for hydroxylation is 2. The summed E-state index contributed by atoms with van der Waals surface area (Å²) in [5.74, 6) is 0.588. The van der Waals surface area contributed by atoms with Gasteiger partial charge in [0.15, 0.2) is 5.82 Å². The lowest BCUT2D eigenvalue weighted by atomic mass is 9.95. The van der Waals surface area contributed by atoms with Gasteiger partial charge < -0.3 is 5.11 Å². The van der Waals surface area contributed by atoms with Gasteiger partial charge in [-0.25, -0.2) is 0 Å². The van der Waals surface area contributed by atoms with Gasteiger partial charge in [0.05, 0.1) is 11.6 Å². The van der Waals surface area contributed by atoms with Gasteiger partial charge in [-0.15, -0.1) is 21.5 Å². The molecule has 1 aliphatic heterocycles. The summed E-state index contributed by atoms with van der Waals surface area (Å²) in [6.45, 7) is 4.49. The number of hydrogen-bond acceptors (Lipinski definition) is 5. The molecule has 0 radical (unpaired) electrons. The van der Waals surface area contributed by atoms with Crippen LogP contribution < -0.4 is 0 Å². The fourth-order valence-corrected chi connectivity index (χ4v) is 5.53. The highest BCUT2D eigenvalue weighted by Crippen LogP contribution is 2.43. The molecule has 7 heteroatoms. The zero-order chi connectivity index (χ0) is 18.7. The Labute approximate surface area is 160 Å². The molecule has 0 spiro atoms. The smallest absolute Gasteiger partial charge is 0.307 e. The first-order valence-corrected chi connectivity index (χ1v) is 9.75. The van der Waals surface area contributed by atoms with E-state index in [0.29, 0.717) is 19.4 Å². The number of fused-ring (bicyclic) bond motifs is 5. The molecular weight excluding hydrogens is 360 g/mol. The molecule has 0 amide bonds. The van der Waals surface area contributed by atoms with Crippen molar-refractivity contribution in [2.75, 3.05) is 0 Å². The largest absolute Gasteiger partial charge is 0.481 e. The van der Waals surface area contributed by atoms with Crippen molar-refractivity contribution < 1.29 is 9.90 Å². The molecule has 1 aromatic carbocycles. The number of carbonyl (C=O) groups is 1. The maximum Gasteiger partial charge on any atom is 0.307 e. The Morgan fingerprint density at radius 2 is 2.04 bits per heavy atom. The summed E-state index contributed by atoms with van der Waals surface area (Å²) >= 11 is 1.66. The van der Waals surface area contributed by atoms with Crippen LogP contribution in [0.5, 0.6) is 0 Å². The van der Waals surface area contributed by atoms with Crippen molar-refractivity contribution in [1.82, 2.24) is 14.8 Å². The van der Waals surface area contributed by atoms with Gasteiger partial charge >= 0.3 is 5.97 Å². The average molecular weight is 378 g/mol. The number of carboxylic acid groups (broad SMARTS) is 1. The van der Waals surface area contributed by atoms with Gasteiger partial charge in [0.2, 0.25) is 0 Å². The van der Waals surface area contributed by atoms with Crippen LogP contribution in [0, 0.1) is 19.8 Å². The molecule has 2 aliphatic rings. The van der Waals surface area contributed by atoms with Crippen LogP contribution in [0.4, 0.5) is 0 Å². The van der Waals surface area contributed by atoms with Gasteiger partial charge in [0.25, 0.3) is 0 Å². The lowest BCUT2D eigenvalue weighted by molar-refractivity contribution is -0.141. The third-order valence-electron chi connectivity index (χ3n) is 5.41. The SMILES string of the molecule is Cc1ccccc1C1=NCc2nnc(C)n2-c2sc3c(c21)CC(C(=O)O)C3. The monoisotopic (exact) mass is 378 g/mol. The van der Waals surface area contributed by atoms with E-state index < -0.39 is 5.97 Å². The third-order valence-corrected chi connectivity index (χ3v) is 6.65. The summed E-state index contributed by atoms with van der Waals surface area (Å²) in [5.41, 5.74) is 5.38. The molecule has 5 rings (SSSR count). The Kier molecular flexibility index (Phi) is 3.55. The molecule has 136 valence electrons. The Morgan fingerprint density at radius 3 is 2.81 bits per heavy atom. The third kappa shape index (κ3) is 2.38. The van der Waals surface area contributed by atoms with Crippen LogP contribution in [0.15, 0.2) is 29.3 Å². The summed E-state index contributed by atoms with van der Waals surface area (Å²) < 4.78 is 2.09. The Balaban J connectivity index is 1.77. The first kappa shape index (κ1) is 16.4. The van der Waals surface area contributed by atoms with Crippen molar-refractivity contribution in [3.63, 3.8) is 0 Å². The molecule has 1 atom stereocenters. The van der Waals surface area contributed by atoms with Crippen LogP contribution in [0.25, 0.3) is 5.00 Å². The van der Waals surface area contributed by atoms with E-state index in [1.165, 1.54) is 0 Å². The lowest BCUT2D eigenvalue weighted by Gasteiger charge is -2.12. The van der Waals surface area contributed by atoms with Crippen molar-refractivity contribution in [2.24, 2.45) is 10.9 Å². The summed E-state index contributed by atoms with van der Waals surface area (Å²) in [6.07, 6.45) is 1.14. The lowest BCUT2D eigenvalue weighted by Crippen LogP contribution is -2.15. The minimum atomic E-state index is -0.726. The average Bonchev–Trinajstić information content (AvgIpc) is 3.27. The van der Waals surface area contributed by atoms with Crippen LogP contribution in [0.3, 0.4) is 0 Å². The number of hydrogen-bond donors (Lipinski definition) is 1. The minimum Gasteiger partial charge on any atom is -0.481 e. The van der Waals surface area contributed by atoms with Crippen LogP contribution in [0.1, 0.15) is 38.8 Å². The van der Waals surface area contributed by atoms with Gasteiger partial charge in [0.1, 0.15) is 17.4 Å². The molecule has 1 N–H and O–H groups in total. The first-order chi connectivity index (χ1) is 13.0. The Bertz CT molecular complexity index is 1130. The molecule has 0 fully saturated rings. The van der Waals surface area contributed by atoms with Gasteiger partial charge in [-0.2, -0.15) is 0 Å². The molecule has 27 heavy (non-hydrogen) atoms. The summed E-state index contributed by atoms with van der Waals surface area (Å²) in [5, 5.41) is 19.1. The van der Waals surface area contributed by atoms with Gasteiger partial charge in [-0.05, 0) is 37.8 Å². The van der Waals surface area contributed by atoms with E-state index >= 15 is 0 Å². The van der Waals surface area contributed by atoms with Crippen molar-refractivity contribution in [3.05, 3.63) is 63.0 Å². The number of aliphatic carboxylic acids is 1. The van der Waals surface area contributed by atoms with Crippen LogP contribution in [-0.2, 0) is 24.2 Å². The Hall–Kier alpha value is -2.80. The number of aliphatic imine (C=N–C) groups is 1. The molecule has 6 nitrogen and oxygen atoms in total. The summed E-state index contributed by atoms with van der Waals surface area (Å²) in [7, 11) is 0. The summed E-state index contributed by atoms with van der Waals surface area (Å²) in [6, 6.07) is 8.22. The minimum absolute atomic E-state index is 0.348. The predicted octanol–water partition coefficient (Wildman–Crippen LogP) is 3.10. The van der Waals surface area contributed by atoms with Gasteiger partial charge in [-0.1, -0.05) is 24.3 Å². The quantitative estimate of drug-likeness (QED) is 0.743. The highest BCUT2D eigenvalue weighted by atomic mass is 32.1. The van der Waals surface area contributed by atoms with Crippen molar-refractivity contribution in [2.45, 2.75) is 33.2 Å². The van der Waals surface area contributed by atoms with Crippen molar-refractivity contribution in [1.29, 1.82) is 0 Å². The molecule has 3 heterocycles. The normalized spacial score (nSPS) is 17.7. The zero-order valence-electron chi connectivity index (χ0n) is 15.1. The highest BCUT2D eigenvalue weighted by molar-refractivity contribution is 7.15. The first-order valence-electron chi connectivity index (χ1n) is 8.94. The number of thiophene rings is 1. The van der Waals surface area contributed by atoms with Crippen molar-refractivity contribution in [3.8, 4) is 5.00 Å². The topological polar surface area (TPSA) is 80.4 Å². The van der Waals surface area contributed by atoms with Gasteiger partial charge in [-0.3, -0.25) is 14.4 Å². The van der Waals surface area contributed by atoms with E-state index in [-0.39, 0.29) is 5.92 Å². The maximum absolute atomic E-state index is 11.6. The van der Waals surface area contributed by atoms with E-state index in [0.717, 1.165) is 49.5 Å². The maximum atomic E-state index is 11.6. The zero-order valence-corrected chi connectivity index (χ0v) is 15.9. The van der Waals surface area contributed by atoms with Crippen LogP contribution in [0.2, 0.25) is 0 Å². The van der Waals surface area contributed by atoms with E-state index in [1.807, 2.05) is 19.1 Å². The van der Waals surface area contributed by atoms with Crippen LogP contribution in [-0.4, -0.2) is 31.6 Å². The fraction of sp³-hybridized carbons (Fsp3) is 0.300. The molecule has 0 saturated heterocycles. The molecule has 0 bridgehead atoms. The summed E-state index contributed by atoms with van der Waals surface area (Å²) in [4.78, 5) is 17.6. The fourth-order valence-electron chi connectivity index (χ4n) is 4.06. The second kappa shape index (κ2) is 5.85. The predicted molar refractivity (Wildman–Crippen MR) is 103 cm³/mol. The number of nitrogens with zero attached hydrogens (tertiary/aromatic N) is 4. The number of benzene rings is 1. The molecular formula is C20H18N4O2S. The van der Waals surface area contributed by atoms with E-state index in [1.54, 1.807) is 11.3 Å². The molecule has 1 aliphatic carbocycles. The standard InChI is InChI=1S/C20H18N4O2S/c1-10-5-3-4-6-13(10)18-17-14-7-12(20(25)26)8-15(14)27-19(17)24-11(2)22-23-16(24)9-21-18/h3-6,12H,7-9H2,1-2H3,(H,25,26). The molecule has 1 unspecified atom stereocenters.